The molecule has 0 aromatic carbocycles. The van der Waals surface area contributed by atoms with Crippen molar-refractivity contribution in [1.82, 2.24) is 14.9 Å². The van der Waals surface area contributed by atoms with Gasteiger partial charge < -0.3 is 19.3 Å². The second-order valence-corrected chi connectivity index (χ2v) is 7.61. The molecule has 4 rings (SSSR count). The Morgan fingerprint density at radius 1 is 1.26 bits per heavy atom. The van der Waals surface area contributed by atoms with Crippen LogP contribution in [0.5, 0.6) is 0 Å². The van der Waals surface area contributed by atoms with E-state index in [2.05, 4.69) is 9.97 Å². The molecule has 1 aromatic rings. The van der Waals surface area contributed by atoms with E-state index >= 15 is 0 Å². The smallest absolute Gasteiger partial charge is 0.312 e. The molecule has 0 radical (unpaired) electrons. The SMILES string of the molecule is COC(=O)C1C=CC2=C(CCCN2c2ncc(C(=O)N3CCOCC3)c(C(F)F)n2)C1. The molecule has 1 aromatic heterocycles. The molecule has 1 amide bonds. The topological polar surface area (TPSA) is 84.9 Å². The summed E-state index contributed by atoms with van der Waals surface area (Å²) in [6, 6.07) is 0. The molecule has 0 saturated carbocycles. The van der Waals surface area contributed by atoms with Crippen molar-refractivity contribution in [2.24, 2.45) is 5.92 Å². The number of halogens is 2. The lowest BCUT2D eigenvalue weighted by Crippen LogP contribution is -2.41. The number of aromatic nitrogens is 2. The number of esters is 1. The Hall–Kier alpha value is -2.88. The number of carbonyl (C=O) groups is 2. The van der Waals surface area contributed by atoms with Crippen LogP contribution < -0.4 is 4.90 Å². The molecule has 0 spiro atoms. The van der Waals surface area contributed by atoms with Gasteiger partial charge in [-0.25, -0.2) is 18.7 Å². The number of morpholine rings is 1. The first-order valence-corrected chi connectivity index (χ1v) is 10.3. The third kappa shape index (κ3) is 4.30. The lowest BCUT2D eigenvalue weighted by atomic mass is 9.87. The highest BCUT2D eigenvalue weighted by molar-refractivity contribution is 5.95. The fourth-order valence-electron chi connectivity index (χ4n) is 4.15. The third-order valence-corrected chi connectivity index (χ3v) is 5.75. The van der Waals surface area contributed by atoms with E-state index in [1.54, 1.807) is 17.1 Å². The molecule has 1 atom stereocenters. The standard InChI is InChI=1S/C21H24F2N4O4/c1-30-20(29)14-4-5-16-13(11-14)3-2-6-27(16)21-24-12-15(17(25-21)18(22)23)19(28)26-7-9-31-10-8-26/h4-5,12,14,18H,2-3,6-11H2,1H3. The van der Waals surface area contributed by atoms with Crippen LogP contribution in [-0.2, 0) is 14.3 Å². The maximum Gasteiger partial charge on any atom is 0.312 e. The fourth-order valence-corrected chi connectivity index (χ4v) is 4.15. The zero-order valence-electron chi connectivity index (χ0n) is 17.2. The zero-order valence-corrected chi connectivity index (χ0v) is 17.2. The van der Waals surface area contributed by atoms with Gasteiger partial charge in [0, 0.05) is 31.5 Å². The largest absolute Gasteiger partial charge is 0.469 e. The van der Waals surface area contributed by atoms with E-state index in [1.165, 1.54) is 18.2 Å². The number of allylic oxidation sites excluding steroid dienone is 2. The summed E-state index contributed by atoms with van der Waals surface area (Å²) in [5, 5.41) is 0. The molecule has 3 aliphatic rings. The van der Waals surface area contributed by atoms with Crippen LogP contribution in [-0.4, -0.2) is 66.7 Å². The molecule has 1 unspecified atom stereocenters. The summed E-state index contributed by atoms with van der Waals surface area (Å²) < 4.78 is 37.7. The maximum absolute atomic E-state index is 13.8. The second kappa shape index (κ2) is 9.09. The van der Waals surface area contributed by atoms with Crippen molar-refractivity contribution in [2.45, 2.75) is 25.7 Å². The van der Waals surface area contributed by atoms with E-state index < -0.39 is 18.0 Å². The molecule has 8 nitrogen and oxygen atoms in total. The average Bonchev–Trinajstić information content (AvgIpc) is 2.82. The summed E-state index contributed by atoms with van der Waals surface area (Å²) in [7, 11) is 1.35. The average molecular weight is 434 g/mol. The predicted molar refractivity (Wildman–Crippen MR) is 107 cm³/mol. The van der Waals surface area contributed by atoms with Gasteiger partial charge >= 0.3 is 5.97 Å². The van der Waals surface area contributed by atoms with Crippen molar-refractivity contribution in [3.8, 4) is 0 Å². The van der Waals surface area contributed by atoms with E-state index in [-0.39, 0.29) is 23.4 Å². The van der Waals surface area contributed by atoms with Gasteiger partial charge in [0.2, 0.25) is 5.95 Å². The monoisotopic (exact) mass is 434 g/mol. The third-order valence-electron chi connectivity index (χ3n) is 5.75. The quantitative estimate of drug-likeness (QED) is 0.673. The van der Waals surface area contributed by atoms with Gasteiger partial charge in [0.25, 0.3) is 12.3 Å². The Morgan fingerprint density at radius 2 is 2.03 bits per heavy atom. The minimum absolute atomic E-state index is 0.127. The second-order valence-electron chi connectivity index (χ2n) is 7.61. The highest BCUT2D eigenvalue weighted by atomic mass is 19.3. The molecule has 3 heterocycles. The number of ether oxygens (including phenoxy) is 2. The minimum Gasteiger partial charge on any atom is -0.469 e. The summed E-state index contributed by atoms with van der Waals surface area (Å²) in [6.07, 6.45) is 3.95. The molecule has 10 heteroatoms. The molecule has 0 N–H and O–H groups in total. The number of hydrogen-bond donors (Lipinski definition) is 0. The first kappa shape index (κ1) is 21.4. The van der Waals surface area contributed by atoms with Gasteiger partial charge in [-0.3, -0.25) is 9.59 Å². The first-order valence-electron chi connectivity index (χ1n) is 10.3. The Morgan fingerprint density at radius 3 is 2.74 bits per heavy atom. The maximum atomic E-state index is 13.8. The summed E-state index contributed by atoms with van der Waals surface area (Å²) in [4.78, 5) is 36.3. The summed E-state index contributed by atoms with van der Waals surface area (Å²) in [5.74, 6) is -1.04. The van der Waals surface area contributed by atoms with Crippen molar-refractivity contribution in [2.75, 3.05) is 44.9 Å². The van der Waals surface area contributed by atoms with Crippen LogP contribution >= 0.6 is 0 Å². The molecule has 2 aliphatic heterocycles. The van der Waals surface area contributed by atoms with Crippen molar-refractivity contribution in [3.05, 3.63) is 40.9 Å². The molecular weight excluding hydrogens is 410 g/mol. The highest BCUT2D eigenvalue weighted by Gasteiger charge is 2.31. The first-order chi connectivity index (χ1) is 15.0. The van der Waals surface area contributed by atoms with Gasteiger partial charge in [-0.15, -0.1) is 0 Å². The van der Waals surface area contributed by atoms with Crippen molar-refractivity contribution in [1.29, 1.82) is 0 Å². The Balaban J connectivity index is 1.62. The molecule has 166 valence electrons. The minimum atomic E-state index is -2.91. The van der Waals surface area contributed by atoms with Crippen LogP contribution in [0.15, 0.2) is 29.6 Å². The highest BCUT2D eigenvalue weighted by Crippen LogP contribution is 2.35. The number of anilines is 1. The van der Waals surface area contributed by atoms with Gasteiger partial charge in [-0.1, -0.05) is 6.08 Å². The predicted octanol–water partition coefficient (Wildman–Crippen LogP) is 2.49. The van der Waals surface area contributed by atoms with Gasteiger partial charge in [0.05, 0.1) is 31.8 Å². The number of nitrogens with zero attached hydrogens (tertiary/aromatic N) is 4. The zero-order chi connectivity index (χ0) is 22.0. The molecule has 1 saturated heterocycles. The van der Waals surface area contributed by atoms with Crippen molar-refractivity contribution in [3.63, 3.8) is 0 Å². The molecule has 1 aliphatic carbocycles. The molecule has 1 fully saturated rings. The van der Waals surface area contributed by atoms with E-state index in [9.17, 15) is 18.4 Å². The van der Waals surface area contributed by atoms with Crippen molar-refractivity contribution < 1.29 is 27.8 Å². The summed E-state index contributed by atoms with van der Waals surface area (Å²) in [6.45, 7) is 2.00. The number of alkyl halides is 2. The Bertz CT molecular complexity index is 928. The lowest BCUT2D eigenvalue weighted by Gasteiger charge is -2.34. The fraction of sp³-hybridized carbons (Fsp3) is 0.524. The van der Waals surface area contributed by atoms with Crippen LogP contribution in [0.4, 0.5) is 14.7 Å². The normalized spacial score (nSPS) is 21.4. The van der Waals surface area contributed by atoms with E-state index in [0.717, 1.165) is 24.1 Å². The summed E-state index contributed by atoms with van der Waals surface area (Å²) in [5.41, 5.74) is 1.11. The lowest BCUT2D eigenvalue weighted by molar-refractivity contribution is -0.143. The number of carbonyl (C=O) groups excluding carboxylic acids is 2. The van der Waals surface area contributed by atoms with Crippen LogP contribution in [0.2, 0.25) is 0 Å². The van der Waals surface area contributed by atoms with Crippen LogP contribution in [0.3, 0.4) is 0 Å². The van der Waals surface area contributed by atoms with Crippen LogP contribution in [0.1, 0.15) is 41.7 Å². The van der Waals surface area contributed by atoms with Crippen LogP contribution in [0, 0.1) is 5.92 Å². The van der Waals surface area contributed by atoms with E-state index in [1.807, 2.05) is 0 Å². The molecular formula is C21H24F2N4O4. The van der Waals surface area contributed by atoms with E-state index in [0.29, 0.717) is 39.3 Å². The number of rotatable bonds is 4. The van der Waals surface area contributed by atoms with E-state index in [4.69, 9.17) is 9.47 Å². The van der Waals surface area contributed by atoms with Gasteiger partial charge in [-0.05, 0) is 30.9 Å². The molecule has 0 bridgehead atoms. The van der Waals surface area contributed by atoms with Gasteiger partial charge in [0.1, 0.15) is 5.69 Å². The van der Waals surface area contributed by atoms with Crippen molar-refractivity contribution >= 4 is 17.8 Å². The number of methoxy groups -OCH3 is 1. The Labute approximate surface area is 178 Å². The van der Waals surface area contributed by atoms with Crippen LogP contribution in [0.25, 0.3) is 0 Å². The molecule has 31 heavy (non-hydrogen) atoms. The summed E-state index contributed by atoms with van der Waals surface area (Å²) >= 11 is 0. The Kier molecular flexibility index (Phi) is 6.26. The van der Waals surface area contributed by atoms with Gasteiger partial charge in [-0.2, -0.15) is 0 Å². The number of amides is 1. The number of hydrogen-bond acceptors (Lipinski definition) is 7. The van der Waals surface area contributed by atoms with Gasteiger partial charge in [0.15, 0.2) is 0 Å².